The lowest BCUT2D eigenvalue weighted by atomic mass is 10.1. The molecule has 1 aliphatic heterocycles. The molecular formula is C30H29F3N4O6S. The highest BCUT2D eigenvalue weighted by atomic mass is 32.2. The molecule has 0 bridgehead atoms. The fraction of sp³-hybridized carbons (Fsp3) is 0.267. The van der Waals surface area contributed by atoms with Crippen LogP contribution in [0.1, 0.15) is 15.9 Å². The first-order chi connectivity index (χ1) is 21.0. The largest absolute Gasteiger partial charge is 0.573 e. The van der Waals surface area contributed by atoms with Crippen molar-refractivity contribution in [2.75, 3.05) is 45.1 Å². The zero-order valence-corrected chi connectivity index (χ0v) is 24.6. The Morgan fingerprint density at radius 2 is 1.64 bits per heavy atom. The van der Waals surface area contributed by atoms with E-state index >= 15 is 0 Å². The maximum absolute atomic E-state index is 13.4. The molecule has 0 spiro atoms. The van der Waals surface area contributed by atoms with Crippen molar-refractivity contribution < 1.29 is 40.6 Å². The average Bonchev–Trinajstić information content (AvgIpc) is 3.00. The number of pyridine rings is 1. The molecule has 1 aliphatic rings. The normalized spacial score (nSPS) is 14.3. The van der Waals surface area contributed by atoms with E-state index in [9.17, 15) is 26.4 Å². The number of sulfonamides is 1. The minimum absolute atomic E-state index is 0.0765. The Bertz CT molecular complexity index is 1770. The summed E-state index contributed by atoms with van der Waals surface area (Å²) in [6, 6.07) is 16.6. The van der Waals surface area contributed by atoms with Crippen LogP contribution in [0.2, 0.25) is 0 Å². The van der Waals surface area contributed by atoms with E-state index in [4.69, 9.17) is 9.47 Å². The number of ether oxygens (including phenoxy) is 3. The molecule has 1 fully saturated rings. The van der Waals surface area contributed by atoms with Gasteiger partial charge in [-0.05, 0) is 48.0 Å². The number of nitrogens with zero attached hydrogens (tertiary/aromatic N) is 3. The van der Waals surface area contributed by atoms with Gasteiger partial charge >= 0.3 is 6.36 Å². The van der Waals surface area contributed by atoms with Gasteiger partial charge in [0.05, 0.1) is 25.4 Å². The van der Waals surface area contributed by atoms with Crippen LogP contribution < -0.4 is 18.9 Å². The number of nitrogens with one attached hydrogen (secondary N) is 1. The summed E-state index contributed by atoms with van der Waals surface area (Å²) in [5.41, 5.74) is 0.588. The van der Waals surface area contributed by atoms with Gasteiger partial charge in [-0.2, -0.15) is 0 Å². The average molecular weight is 631 g/mol. The van der Waals surface area contributed by atoms with E-state index in [0.29, 0.717) is 49.6 Å². The molecule has 5 rings (SSSR count). The monoisotopic (exact) mass is 630 g/mol. The van der Waals surface area contributed by atoms with Crippen molar-refractivity contribution in [3.63, 3.8) is 0 Å². The molecule has 1 amide bonds. The first-order valence-electron chi connectivity index (χ1n) is 13.5. The highest BCUT2D eigenvalue weighted by Gasteiger charge is 2.34. The number of hydrogen-bond donors (Lipinski definition) is 1. The van der Waals surface area contributed by atoms with Gasteiger partial charge in [-0.1, -0.05) is 24.3 Å². The van der Waals surface area contributed by atoms with E-state index in [1.807, 2.05) is 18.2 Å². The summed E-state index contributed by atoms with van der Waals surface area (Å²) in [7, 11) is -1.27. The molecule has 3 aromatic carbocycles. The van der Waals surface area contributed by atoms with E-state index < -0.39 is 33.7 Å². The van der Waals surface area contributed by atoms with Crippen molar-refractivity contribution in [1.29, 1.82) is 0 Å². The third-order valence-corrected chi connectivity index (χ3v) is 8.49. The number of carbonyl (C=O) groups excluding carboxylic acids is 1. The van der Waals surface area contributed by atoms with Gasteiger partial charge in [-0.25, -0.2) is 8.42 Å². The van der Waals surface area contributed by atoms with Crippen LogP contribution >= 0.6 is 0 Å². The van der Waals surface area contributed by atoms with Crippen LogP contribution in [0.25, 0.3) is 10.9 Å². The summed E-state index contributed by atoms with van der Waals surface area (Å²) in [4.78, 5) is 20.9. The standard InChI is InChI=1S/C30H29F3N4O6S/c1-41-24-11-8-20(17-26(24)42-2)19-36-13-15-37(16-14-36)29(38)22-9-10-23(25(18-22)43-30(31,32)33)35-44(39,40)27-7-3-5-21-6-4-12-34-28(21)27/h3-12,17-18,35H,13-16,19H2,1-2H3. The lowest BCUT2D eigenvalue weighted by molar-refractivity contribution is -0.274. The van der Waals surface area contributed by atoms with E-state index in [1.165, 1.54) is 29.3 Å². The molecule has 0 radical (unpaired) electrons. The lowest BCUT2D eigenvalue weighted by Gasteiger charge is -2.35. The zero-order valence-electron chi connectivity index (χ0n) is 23.8. The summed E-state index contributed by atoms with van der Waals surface area (Å²) in [6.45, 7) is 2.34. The first kappa shape index (κ1) is 30.9. The second-order valence-corrected chi connectivity index (χ2v) is 11.6. The van der Waals surface area contributed by atoms with Gasteiger partial charge in [-0.3, -0.25) is 19.4 Å². The van der Waals surface area contributed by atoms with Crippen LogP contribution in [-0.4, -0.2) is 75.9 Å². The molecule has 4 aromatic rings. The first-order valence-corrected chi connectivity index (χ1v) is 14.9. The van der Waals surface area contributed by atoms with Crippen LogP contribution in [0.15, 0.2) is 77.8 Å². The van der Waals surface area contributed by atoms with Crippen molar-refractivity contribution in [1.82, 2.24) is 14.8 Å². The number of methoxy groups -OCH3 is 2. The number of aromatic nitrogens is 1. The molecule has 0 saturated carbocycles. The Hall–Kier alpha value is -4.56. The smallest absolute Gasteiger partial charge is 0.493 e. The van der Waals surface area contributed by atoms with Gasteiger partial charge in [0, 0.05) is 49.9 Å². The SMILES string of the molecule is COc1ccc(CN2CCN(C(=O)c3ccc(NS(=O)(=O)c4cccc5cccnc45)c(OC(F)(F)F)c3)CC2)cc1OC. The zero-order chi connectivity index (χ0) is 31.5. The molecule has 2 heterocycles. The molecule has 232 valence electrons. The number of fused-ring (bicyclic) bond motifs is 1. The van der Waals surface area contributed by atoms with Gasteiger partial charge in [0.2, 0.25) is 0 Å². The number of amides is 1. The minimum Gasteiger partial charge on any atom is -0.493 e. The third kappa shape index (κ3) is 6.97. The molecule has 1 aromatic heterocycles. The molecular weight excluding hydrogens is 601 g/mol. The van der Waals surface area contributed by atoms with Crippen LogP contribution in [0, 0.1) is 0 Å². The number of alkyl halides is 3. The topological polar surface area (TPSA) is 110 Å². The molecule has 44 heavy (non-hydrogen) atoms. The Morgan fingerprint density at radius 3 is 2.34 bits per heavy atom. The Morgan fingerprint density at radius 1 is 0.909 bits per heavy atom. The number of benzene rings is 3. The highest BCUT2D eigenvalue weighted by molar-refractivity contribution is 7.93. The lowest BCUT2D eigenvalue weighted by Crippen LogP contribution is -2.48. The van der Waals surface area contributed by atoms with Crippen molar-refractivity contribution >= 4 is 32.5 Å². The van der Waals surface area contributed by atoms with Gasteiger partial charge in [0.1, 0.15) is 4.90 Å². The summed E-state index contributed by atoms with van der Waals surface area (Å²) >= 11 is 0. The number of hydrogen-bond acceptors (Lipinski definition) is 8. The summed E-state index contributed by atoms with van der Waals surface area (Å²) in [6.07, 6.45) is -3.73. The predicted molar refractivity (Wildman–Crippen MR) is 156 cm³/mol. The summed E-state index contributed by atoms with van der Waals surface area (Å²) in [5, 5.41) is 0.534. The maximum Gasteiger partial charge on any atom is 0.573 e. The second-order valence-electron chi connectivity index (χ2n) is 9.95. The summed E-state index contributed by atoms with van der Waals surface area (Å²) in [5.74, 6) is -0.136. The predicted octanol–water partition coefficient (Wildman–Crippen LogP) is 4.91. The number of carbonyl (C=O) groups is 1. The molecule has 14 heteroatoms. The quantitative estimate of drug-likeness (QED) is 0.278. The Labute approximate surface area is 252 Å². The molecule has 0 atom stereocenters. The van der Waals surface area contributed by atoms with E-state index in [1.54, 1.807) is 32.4 Å². The molecule has 1 saturated heterocycles. The van der Waals surface area contributed by atoms with Gasteiger partial charge < -0.3 is 19.1 Å². The molecule has 10 nitrogen and oxygen atoms in total. The second kappa shape index (κ2) is 12.6. The number of anilines is 1. The Balaban J connectivity index is 1.31. The minimum atomic E-state index is -5.14. The van der Waals surface area contributed by atoms with E-state index in [0.717, 1.165) is 17.7 Å². The van der Waals surface area contributed by atoms with E-state index in [-0.39, 0.29) is 16.0 Å². The van der Waals surface area contributed by atoms with Crippen LogP contribution in [0.5, 0.6) is 17.2 Å². The van der Waals surface area contributed by atoms with Gasteiger partial charge in [-0.15, -0.1) is 13.2 Å². The fourth-order valence-corrected chi connectivity index (χ4v) is 6.22. The number of rotatable bonds is 9. The van der Waals surface area contributed by atoms with Gasteiger partial charge in [0.25, 0.3) is 15.9 Å². The van der Waals surface area contributed by atoms with Gasteiger partial charge in [0.15, 0.2) is 17.2 Å². The highest BCUT2D eigenvalue weighted by Crippen LogP contribution is 2.34. The molecule has 1 N–H and O–H groups in total. The number of piperazine rings is 1. The van der Waals surface area contributed by atoms with Crippen molar-refractivity contribution in [2.24, 2.45) is 0 Å². The third-order valence-electron chi connectivity index (χ3n) is 7.10. The Kier molecular flexibility index (Phi) is 8.83. The van der Waals surface area contributed by atoms with Crippen LogP contribution in [-0.2, 0) is 16.6 Å². The van der Waals surface area contributed by atoms with Crippen molar-refractivity contribution in [2.45, 2.75) is 17.8 Å². The van der Waals surface area contributed by atoms with Crippen LogP contribution in [0.4, 0.5) is 18.9 Å². The van der Waals surface area contributed by atoms with Crippen molar-refractivity contribution in [3.8, 4) is 17.2 Å². The number of halogens is 3. The molecule has 0 unspecified atom stereocenters. The molecule has 0 aliphatic carbocycles. The fourth-order valence-electron chi connectivity index (χ4n) is 4.97. The number of para-hydroxylation sites is 1. The van der Waals surface area contributed by atoms with E-state index in [2.05, 4.69) is 19.3 Å². The maximum atomic E-state index is 13.4. The van der Waals surface area contributed by atoms with Crippen LogP contribution in [0.3, 0.4) is 0 Å². The van der Waals surface area contributed by atoms with Crippen molar-refractivity contribution in [3.05, 3.63) is 84.1 Å². The summed E-state index contributed by atoms with van der Waals surface area (Å²) < 4.78 is 83.5.